The lowest BCUT2D eigenvalue weighted by atomic mass is 10.1. The van der Waals surface area contributed by atoms with Gasteiger partial charge in [0.25, 0.3) is 0 Å². The second-order valence-electron chi connectivity index (χ2n) is 6.23. The monoisotopic (exact) mass is 339 g/mol. The largest absolute Gasteiger partial charge is 0.464 e. The van der Waals surface area contributed by atoms with E-state index in [9.17, 15) is 0 Å². The molecule has 7 heteroatoms. The van der Waals surface area contributed by atoms with Gasteiger partial charge in [0.2, 0.25) is 5.95 Å². The van der Waals surface area contributed by atoms with Crippen molar-refractivity contribution in [3.63, 3.8) is 0 Å². The fourth-order valence-corrected chi connectivity index (χ4v) is 3.31. The first-order chi connectivity index (χ1) is 12.2. The van der Waals surface area contributed by atoms with E-state index in [2.05, 4.69) is 32.3 Å². The van der Waals surface area contributed by atoms with Crippen molar-refractivity contribution in [1.82, 2.24) is 15.3 Å². The van der Waals surface area contributed by atoms with Crippen molar-refractivity contribution in [3.8, 4) is 0 Å². The molecule has 1 aliphatic rings. The van der Waals surface area contributed by atoms with Crippen LogP contribution in [0.2, 0.25) is 0 Å². The summed E-state index contributed by atoms with van der Waals surface area (Å²) >= 11 is 0. The lowest BCUT2D eigenvalue weighted by Crippen LogP contribution is -2.39. The first-order valence-electron chi connectivity index (χ1n) is 8.29. The summed E-state index contributed by atoms with van der Waals surface area (Å²) in [4.78, 5) is 10.4. The molecule has 4 rings (SSSR count). The van der Waals surface area contributed by atoms with Crippen molar-refractivity contribution in [2.24, 2.45) is 0 Å². The van der Waals surface area contributed by atoms with E-state index in [1.807, 2.05) is 18.2 Å². The van der Waals surface area contributed by atoms with Gasteiger partial charge in [-0.3, -0.25) is 0 Å². The van der Waals surface area contributed by atoms with Crippen molar-refractivity contribution < 1.29 is 9.15 Å². The number of hydrogen-bond acceptors (Lipinski definition) is 7. The van der Waals surface area contributed by atoms with Gasteiger partial charge in [-0.25, -0.2) is 4.98 Å². The van der Waals surface area contributed by atoms with Crippen LogP contribution in [0.5, 0.6) is 0 Å². The van der Waals surface area contributed by atoms with Gasteiger partial charge in [-0.2, -0.15) is 4.98 Å². The minimum atomic E-state index is 0.0915. The van der Waals surface area contributed by atoms with Crippen molar-refractivity contribution in [3.05, 3.63) is 48.4 Å². The predicted octanol–water partition coefficient (Wildman–Crippen LogP) is 1.80. The van der Waals surface area contributed by atoms with E-state index >= 15 is 0 Å². The molecule has 0 radical (unpaired) electrons. The summed E-state index contributed by atoms with van der Waals surface area (Å²) in [5.41, 5.74) is 7.82. The molecule has 3 aromatic rings. The van der Waals surface area contributed by atoms with Crippen LogP contribution >= 0.6 is 0 Å². The summed E-state index contributed by atoms with van der Waals surface area (Å²) in [6, 6.07) is 10.3. The molecule has 1 saturated heterocycles. The molecule has 7 nitrogen and oxygen atoms in total. The quantitative estimate of drug-likeness (QED) is 0.732. The van der Waals surface area contributed by atoms with Gasteiger partial charge >= 0.3 is 0 Å². The Kier molecular flexibility index (Phi) is 4.25. The van der Waals surface area contributed by atoms with Gasteiger partial charge in [-0.05, 0) is 29.8 Å². The van der Waals surface area contributed by atoms with E-state index in [4.69, 9.17) is 14.9 Å². The van der Waals surface area contributed by atoms with Gasteiger partial charge in [-0.1, -0.05) is 6.07 Å². The SMILES string of the molecule is CO[C@@H]1CN(c2ccnc(N)n2)C[C@@H]1NCc1ccc2occc2c1. The van der Waals surface area contributed by atoms with Crippen LogP contribution in [0.1, 0.15) is 5.56 Å². The van der Waals surface area contributed by atoms with Crippen LogP contribution in [0.4, 0.5) is 11.8 Å². The predicted molar refractivity (Wildman–Crippen MR) is 96.3 cm³/mol. The first kappa shape index (κ1) is 15.9. The topological polar surface area (TPSA) is 89.4 Å². The van der Waals surface area contributed by atoms with E-state index in [0.29, 0.717) is 0 Å². The van der Waals surface area contributed by atoms with Crippen LogP contribution < -0.4 is 16.0 Å². The second-order valence-corrected chi connectivity index (χ2v) is 6.23. The normalized spacial score (nSPS) is 20.4. The third-order valence-corrected chi connectivity index (χ3v) is 4.64. The molecule has 0 unspecified atom stereocenters. The lowest BCUT2D eigenvalue weighted by Gasteiger charge is -2.18. The Morgan fingerprint density at radius 2 is 2.24 bits per heavy atom. The number of hydrogen-bond donors (Lipinski definition) is 2. The second kappa shape index (κ2) is 6.70. The van der Waals surface area contributed by atoms with Crippen molar-refractivity contribution in [2.75, 3.05) is 30.8 Å². The maximum absolute atomic E-state index is 5.70. The fraction of sp³-hybridized carbons (Fsp3) is 0.333. The maximum Gasteiger partial charge on any atom is 0.221 e. The molecule has 1 fully saturated rings. The van der Waals surface area contributed by atoms with Gasteiger partial charge in [-0.15, -0.1) is 0 Å². The number of furan rings is 1. The van der Waals surface area contributed by atoms with Gasteiger partial charge in [0.1, 0.15) is 11.4 Å². The zero-order valence-electron chi connectivity index (χ0n) is 14.1. The van der Waals surface area contributed by atoms with Gasteiger partial charge in [0.05, 0.1) is 18.4 Å². The zero-order valence-corrected chi connectivity index (χ0v) is 14.1. The van der Waals surface area contributed by atoms with Gasteiger partial charge < -0.3 is 25.1 Å². The number of benzene rings is 1. The number of ether oxygens (including phenoxy) is 1. The van der Waals surface area contributed by atoms with Crippen LogP contribution in [0.15, 0.2) is 47.2 Å². The number of methoxy groups -OCH3 is 1. The molecule has 0 spiro atoms. The van der Waals surface area contributed by atoms with Gasteiger partial charge in [0, 0.05) is 38.3 Å². The van der Waals surface area contributed by atoms with Crippen molar-refractivity contribution in [2.45, 2.75) is 18.7 Å². The van der Waals surface area contributed by atoms with Crippen LogP contribution in [0.25, 0.3) is 11.0 Å². The molecule has 130 valence electrons. The number of nitrogens with zero attached hydrogens (tertiary/aromatic N) is 3. The summed E-state index contributed by atoms with van der Waals surface area (Å²) in [7, 11) is 1.74. The third kappa shape index (κ3) is 3.29. The number of rotatable bonds is 5. The Hall–Kier alpha value is -2.64. The highest BCUT2D eigenvalue weighted by Gasteiger charge is 2.33. The first-order valence-corrected chi connectivity index (χ1v) is 8.29. The van der Waals surface area contributed by atoms with E-state index in [0.717, 1.165) is 36.4 Å². The maximum atomic E-state index is 5.70. The van der Waals surface area contributed by atoms with E-state index in [1.165, 1.54) is 5.56 Å². The van der Waals surface area contributed by atoms with Gasteiger partial charge in [0.15, 0.2) is 0 Å². The number of nitrogen functional groups attached to an aromatic ring is 1. The number of anilines is 2. The van der Waals surface area contributed by atoms with Crippen LogP contribution in [-0.4, -0.2) is 42.3 Å². The Bertz CT molecular complexity index is 865. The number of fused-ring (bicyclic) bond motifs is 1. The van der Waals surface area contributed by atoms with Crippen molar-refractivity contribution in [1.29, 1.82) is 0 Å². The van der Waals surface area contributed by atoms with E-state index in [-0.39, 0.29) is 18.1 Å². The molecule has 0 aliphatic carbocycles. The molecule has 25 heavy (non-hydrogen) atoms. The summed E-state index contributed by atoms with van der Waals surface area (Å²) < 4.78 is 11.0. The molecule has 1 aromatic carbocycles. The Labute approximate surface area is 145 Å². The fourth-order valence-electron chi connectivity index (χ4n) is 3.31. The smallest absolute Gasteiger partial charge is 0.221 e. The average Bonchev–Trinajstić information content (AvgIpc) is 3.26. The Morgan fingerprint density at radius 1 is 1.32 bits per heavy atom. The average molecular weight is 339 g/mol. The Morgan fingerprint density at radius 3 is 3.08 bits per heavy atom. The molecule has 0 bridgehead atoms. The summed E-state index contributed by atoms with van der Waals surface area (Å²) in [6.45, 7) is 2.35. The van der Waals surface area contributed by atoms with Crippen LogP contribution in [0.3, 0.4) is 0 Å². The zero-order chi connectivity index (χ0) is 17.2. The van der Waals surface area contributed by atoms with Crippen LogP contribution in [0, 0.1) is 0 Å². The minimum Gasteiger partial charge on any atom is -0.464 e. The highest BCUT2D eigenvalue weighted by Crippen LogP contribution is 2.21. The minimum absolute atomic E-state index is 0.0915. The third-order valence-electron chi connectivity index (χ3n) is 4.64. The molecule has 0 saturated carbocycles. The molecule has 0 amide bonds. The van der Waals surface area contributed by atoms with E-state index < -0.39 is 0 Å². The molecule has 2 aromatic heterocycles. The lowest BCUT2D eigenvalue weighted by molar-refractivity contribution is 0.0967. The Balaban J connectivity index is 1.44. The number of nitrogens with one attached hydrogen (secondary N) is 1. The van der Waals surface area contributed by atoms with E-state index in [1.54, 1.807) is 19.6 Å². The summed E-state index contributed by atoms with van der Waals surface area (Å²) in [5.74, 6) is 1.12. The summed E-state index contributed by atoms with van der Waals surface area (Å²) in [5, 5.41) is 4.72. The number of nitrogens with two attached hydrogens (primary N) is 1. The molecule has 2 atom stereocenters. The molecular formula is C18H21N5O2. The molecule has 1 aliphatic heterocycles. The van der Waals surface area contributed by atoms with Crippen molar-refractivity contribution >= 4 is 22.7 Å². The number of aromatic nitrogens is 2. The highest BCUT2D eigenvalue weighted by molar-refractivity contribution is 5.77. The van der Waals surface area contributed by atoms with Crippen LogP contribution in [-0.2, 0) is 11.3 Å². The highest BCUT2D eigenvalue weighted by atomic mass is 16.5. The standard InChI is InChI=1S/C18H21N5O2/c1-24-16-11-23(17-4-6-20-18(19)22-17)10-14(16)21-9-12-2-3-15-13(8-12)5-7-25-15/h2-8,14,16,21H,9-11H2,1H3,(H2,19,20,22)/t14-,16+/m0/s1. The molecule has 3 N–H and O–H groups in total. The molecular weight excluding hydrogens is 318 g/mol. The molecule has 3 heterocycles. The summed E-state index contributed by atoms with van der Waals surface area (Å²) in [6.07, 6.45) is 3.49.